The van der Waals surface area contributed by atoms with E-state index in [9.17, 15) is 4.79 Å². The Labute approximate surface area is 148 Å². The summed E-state index contributed by atoms with van der Waals surface area (Å²) in [6.07, 6.45) is 2.92. The third kappa shape index (κ3) is 3.09. The number of ether oxygens (including phenoxy) is 1. The predicted octanol–water partition coefficient (Wildman–Crippen LogP) is 4.20. The number of nitrogens with zero attached hydrogens (tertiary/aromatic N) is 3. The molecule has 2 heterocycles. The van der Waals surface area contributed by atoms with Crippen LogP contribution in [0.5, 0.6) is 11.5 Å². The highest BCUT2D eigenvalue weighted by molar-refractivity contribution is 6.29. The summed E-state index contributed by atoms with van der Waals surface area (Å²) in [7, 11) is 0. The third-order valence-electron chi connectivity index (χ3n) is 3.71. The molecule has 122 valence electrons. The maximum Gasteiger partial charge on any atom is 0.266 e. The van der Waals surface area contributed by atoms with Crippen LogP contribution in [0, 0.1) is 0 Å². The minimum Gasteiger partial charge on any atom is -0.457 e. The first-order valence-electron chi connectivity index (χ1n) is 7.57. The van der Waals surface area contributed by atoms with Crippen molar-refractivity contribution in [3.63, 3.8) is 0 Å². The SMILES string of the molecule is O=c1c(-c2ccc(Oc3ccccc3)cc2)cnc2cc(Cl)ncn12. The standard InChI is InChI=1S/C19H12ClN3O2/c20-17-10-18-21-11-16(19(24)23(18)12-22-17)13-6-8-15(9-7-13)25-14-4-2-1-3-5-14/h1-12H. The van der Waals surface area contributed by atoms with Gasteiger partial charge in [-0.05, 0) is 29.8 Å². The molecular formula is C19H12ClN3O2. The van der Waals surface area contributed by atoms with E-state index >= 15 is 0 Å². The summed E-state index contributed by atoms with van der Waals surface area (Å²) in [6, 6.07) is 18.3. The van der Waals surface area contributed by atoms with E-state index in [1.807, 2.05) is 54.6 Å². The summed E-state index contributed by atoms with van der Waals surface area (Å²) < 4.78 is 7.13. The first kappa shape index (κ1) is 15.4. The van der Waals surface area contributed by atoms with E-state index in [4.69, 9.17) is 16.3 Å². The Morgan fingerprint density at radius 1 is 0.920 bits per heavy atom. The molecule has 0 amide bonds. The maximum atomic E-state index is 12.6. The van der Waals surface area contributed by atoms with Gasteiger partial charge in [0, 0.05) is 12.3 Å². The van der Waals surface area contributed by atoms with Gasteiger partial charge in [-0.15, -0.1) is 0 Å². The van der Waals surface area contributed by atoms with Crippen molar-refractivity contribution in [2.24, 2.45) is 0 Å². The smallest absolute Gasteiger partial charge is 0.266 e. The van der Waals surface area contributed by atoms with Gasteiger partial charge in [0.25, 0.3) is 5.56 Å². The predicted molar refractivity (Wildman–Crippen MR) is 96.2 cm³/mol. The zero-order valence-corrected chi connectivity index (χ0v) is 13.7. The molecule has 0 bridgehead atoms. The molecular weight excluding hydrogens is 338 g/mol. The van der Waals surface area contributed by atoms with E-state index in [0.717, 1.165) is 11.3 Å². The average Bonchev–Trinajstić information content (AvgIpc) is 2.64. The minimum absolute atomic E-state index is 0.203. The van der Waals surface area contributed by atoms with Crippen molar-refractivity contribution in [3.8, 4) is 22.6 Å². The second-order valence-corrected chi connectivity index (χ2v) is 5.74. The Bertz CT molecular complexity index is 1090. The summed E-state index contributed by atoms with van der Waals surface area (Å²) in [5.74, 6) is 1.45. The molecule has 0 radical (unpaired) electrons. The Morgan fingerprint density at radius 2 is 1.64 bits per heavy atom. The van der Waals surface area contributed by atoms with Gasteiger partial charge in [-0.2, -0.15) is 0 Å². The molecule has 0 spiro atoms. The number of hydrogen-bond donors (Lipinski definition) is 0. The molecule has 6 heteroatoms. The molecule has 0 aliphatic carbocycles. The molecule has 2 aromatic heterocycles. The second kappa shape index (κ2) is 6.37. The number of para-hydroxylation sites is 1. The fourth-order valence-corrected chi connectivity index (χ4v) is 2.62. The summed E-state index contributed by atoms with van der Waals surface area (Å²) in [6.45, 7) is 0. The lowest BCUT2D eigenvalue weighted by atomic mass is 10.1. The van der Waals surface area contributed by atoms with Crippen molar-refractivity contribution in [1.29, 1.82) is 0 Å². The van der Waals surface area contributed by atoms with Gasteiger partial charge in [0.2, 0.25) is 0 Å². The lowest BCUT2D eigenvalue weighted by molar-refractivity contribution is 0.483. The van der Waals surface area contributed by atoms with Crippen LogP contribution < -0.4 is 10.3 Å². The van der Waals surface area contributed by atoms with Crippen LogP contribution in [0.15, 0.2) is 78.0 Å². The highest BCUT2D eigenvalue weighted by Gasteiger charge is 2.08. The lowest BCUT2D eigenvalue weighted by Gasteiger charge is -2.07. The highest BCUT2D eigenvalue weighted by atomic mass is 35.5. The van der Waals surface area contributed by atoms with Gasteiger partial charge in [0.1, 0.15) is 28.6 Å². The van der Waals surface area contributed by atoms with Crippen LogP contribution in [0.25, 0.3) is 16.8 Å². The number of aromatic nitrogens is 3. The topological polar surface area (TPSA) is 56.5 Å². The van der Waals surface area contributed by atoms with E-state index in [1.54, 1.807) is 12.3 Å². The van der Waals surface area contributed by atoms with Crippen molar-refractivity contribution in [2.45, 2.75) is 0 Å². The van der Waals surface area contributed by atoms with Crippen LogP contribution >= 0.6 is 11.6 Å². The first-order valence-corrected chi connectivity index (χ1v) is 7.95. The van der Waals surface area contributed by atoms with Crippen molar-refractivity contribution >= 4 is 17.2 Å². The molecule has 4 rings (SSSR count). The van der Waals surface area contributed by atoms with Gasteiger partial charge >= 0.3 is 0 Å². The van der Waals surface area contributed by atoms with Crippen LogP contribution in [0.3, 0.4) is 0 Å². The molecule has 0 unspecified atom stereocenters. The largest absolute Gasteiger partial charge is 0.457 e. The van der Waals surface area contributed by atoms with Gasteiger partial charge in [0.05, 0.1) is 5.56 Å². The molecule has 0 N–H and O–H groups in total. The van der Waals surface area contributed by atoms with Crippen molar-refractivity contribution in [3.05, 3.63) is 88.7 Å². The van der Waals surface area contributed by atoms with Gasteiger partial charge < -0.3 is 4.74 Å². The number of fused-ring (bicyclic) bond motifs is 1. The summed E-state index contributed by atoms with van der Waals surface area (Å²) in [5.41, 5.74) is 1.49. The van der Waals surface area contributed by atoms with Gasteiger partial charge in [0.15, 0.2) is 0 Å². The van der Waals surface area contributed by atoms with Crippen molar-refractivity contribution in [2.75, 3.05) is 0 Å². The van der Waals surface area contributed by atoms with E-state index < -0.39 is 0 Å². The Balaban J connectivity index is 1.68. The lowest BCUT2D eigenvalue weighted by Crippen LogP contribution is -2.17. The highest BCUT2D eigenvalue weighted by Crippen LogP contribution is 2.24. The Kier molecular flexibility index (Phi) is 3.91. The summed E-state index contributed by atoms with van der Waals surface area (Å²) >= 11 is 5.83. The van der Waals surface area contributed by atoms with Gasteiger partial charge in [-0.3, -0.25) is 9.20 Å². The molecule has 0 fully saturated rings. The summed E-state index contributed by atoms with van der Waals surface area (Å²) in [5, 5.41) is 0.294. The monoisotopic (exact) mass is 349 g/mol. The molecule has 25 heavy (non-hydrogen) atoms. The average molecular weight is 350 g/mol. The molecule has 5 nitrogen and oxygen atoms in total. The van der Waals surface area contributed by atoms with Crippen LogP contribution in [0.4, 0.5) is 0 Å². The second-order valence-electron chi connectivity index (χ2n) is 5.36. The zero-order valence-electron chi connectivity index (χ0n) is 13.0. The van der Waals surface area contributed by atoms with Crippen LogP contribution in [0.1, 0.15) is 0 Å². The molecule has 0 saturated carbocycles. The maximum absolute atomic E-state index is 12.6. The Hall–Kier alpha value is -3.18. The van der Waals surface area contributed by atoms with E-state index in [1.165, 1.54) is 10.7 Å². The Morgan fingerprint density at radius 3 is 2.40 bits per heavy atom. The number of halogens is 1. The quantitative estimate of drug-likeness (QED) is 0.520. The molecule has 0 atom stereocenters. The van der Waals surface area contributed by atoms with E-state index in [0.29, 0.717) is 22.1 Å². The molecule has 2 aromatic carbocycles. The number of rotatable bonds is 3. The number of hydrogen-bond acceptors (Lipinski definition) is 4. The minimum atomic E-state index is -0.203. The fraction of sp³-hybridized carbons (Fsp3) is 0. The fourth-order valence-electron chi connectivity index (χ4n) is 2.48. The zero-order chi connectivity index (χ0) is 17.2. The first-order chi connectivity index (χ1) is 12.2. The van der Waals surface area contributed by atoms with Crippen LogP contribution in [-0.2, 0) is 0 Å². The molecule has 0 aliphatic rings. The van der Waals surface area contributed by atoms with Gasteiger partial charge in [-0.25, -0.2) is 9.97 Å². The van der Waals surface area contributed by atoms with Gasteiger partial charge in [-0.1, -0.05) is 41.9 Å². The van der Waals surface area contributed by atoms with Crippen LogP contribution in [0.2, 0.25) is 5.15 Å². The van der Waals surface area contributed by atoms with E-state index in [2.05, 4.69) is 9.97 Å². The van der Waals surface area contributed by atoms with Crippen molar-refractivity contribution < 1.29 is 4.74 Å². The van der Waals surface area contributed by atoms with Crippen LogP contribution in [-0.4, -0.2) is 14.4 Å². The normalized spacial score (nSPS) is 10.8. The molecule has 0 aliphatic heterocycles. The molecule has 4 aromatic rings. The molecule has 0 saturated heterocycles. The van der Waals surface area contributed by atoms with Crippen molar-refractivity contribution in [1.82, 2.24) is 14.4 Å². The third-order valence-corrected chi connectivity index (χ3v) is 3.92. The van der Waals surface area contributed by atoms with E-state index in [-0.39, 0.29) is 5.56 Å². The number of benzene rings is 2. The summed E-state index contributed by atoms with van der Waals surface area (Å²) in [4.78, 5) is 20.8.